The lowest BCUT2D eigenvalue weighted by molar-refractivity contribution is 0.457. The van der Waals surface area contributed by atoms with Gasteiger partial charge in [0.15, 0.2) is 0 Å². The summed E-state index contributed by atoms with van der Waals surface area (Å²) in [6, 6.07) is 3.83. The summed E-state index contributed by atoms with van der Waals surface area (Å²) in [5, 5.41) is 0. The molecule has 0 aliphatic heterocycles. The van der Waals surface area contributed by atoms with Crippen LogP contribution in [0.5, 0.6) is 0 Å². The maximum absolute atomic E-state index is 5.53. The van der Waals surface area contributed by atoms with Crippen molar-refractivity contribution in [1.29, 1.82) is 0 Å². The monoisotopic (exact) mass is 161 g/mol. The van der Waals surface area contributed by atoms with Crippen LogP contribution in [0.3, 0.4) is 0 Å². The zero-order valence-electron chi connectivity index (χ0n) is 6.13. The lowest BCUT2D eigenvalue weighted by Crippen LogP contribution is -2.02. The molecule has 0 aliphatic rings. The normalized spacial score (nSPS) is 12.3. The topological polar surface area (TPSA) is 39.2 Å². The van der Waals surface area contributed by atoms with E-state index in [1.807, 2.05) is 26.0 Å². The van der Waals surface area contributed by atoms with Gasteiger partial charge in [-0.2, -0.15) is 0 Å². The summed E-state index contributed by atoms with van der Waals surface area (Å²) >= 11 is 0. The van der Waals surface area contributed by atoms with Crippen LogP contribution in [0.25, 0.3) is 0 Å². The van der Waals surface area contributed by atoms with Crippen molar-refractivity contribution in [2.24, 2.45) is 5.73 Å². The molecule has 1 heterocycles. The Morgan fingerprint density at radius 2 is 2.10 bits per heavy atom. The molecule has 0 saturated carbocycles. The summed E-state index contributed by atoms with van der Waals surface area (Å²) in [5.74, 6) is 1.77. The summed E-state index contributed by atoms with van der Waals surface area (Å²) in [4.78, 5) is 0. The standard InChI is InChI=1S/C7H11NO.ClH/c1-5-3-4-7(9-5)6(2)8;/h3-4,6H,8H2,1-2H3;1H/t6-;/m0./s1. The van der Waals surface area contributed by atoms with Crippen molar-refractivity contribution in [3.05, 3.63) is 23.7 Å². The average Bonchev–Trinajstić information content (AvgIpc) is 2.14. The molecule has 0 spiro atoms. The number of hydrogen-bond acceptors (Lipinski definition) is 2. The van der Waals surface area contributed by atoms with E-state index in [1.54, 1.807) is 0 Å². The molecule has 0 amide bonds. The maximum atomic E-state index is 5.53. The molecular weight excluding hydrogens is 150 g/mol. The molecule has 0 fully saturated rings. The molecule has 0 radical (unpaired) electrons. The minimum absolute atomic E-state index is 0. The second-order valence-electron chi connectivity index (χ2n) is 2.24. The Labute approximate surface area is 66.8 Å². The highest BCUT2D eigenvalue weighted by atomic mass is 35.5. The molecule has 0 bridgehead atoms. The van der Waals surface area contributed by atoms with Gasteiger partial charge >= 0.3 is 0 Å². The lowest BCUT2D eigenvalue weighted by atomic mass is 10.3. The SMILES string of the molecule is Cc1ccc([C@H](C)N)o1.Cl. The molecule has 0 aromatic carbocycles. The first-order chi connectivity index (χ1) is 4.20. The van der Waals surface area contributed by atoms with E-state index in [2.05, 4.69) is 0 Å². The van der Waals surface area contributed by atoms with Crippen LogP contribution < -0.4 is 5.73 Å². The Morgan fingerprint density at radius 3 is 2.30 bits per heavy atom. The Balaban J connectivity index is 0.000000810. The molecule has 1 rings (SSSR count). The number of furan rings is 1. The van der Waals surface area contributed by atoms with Crippen molar-refractivity contribution in [1.82, 2.24) is 0 Å². The fraction of sp³-hybridized carbons (Fsp3) is 0.429. The van der Waals surface area contributed by atoms with Crippen LogP contribution >= 0.6 is 12.4 Å². The van der Waals surface area contributed by atoms with Crippen molar-refractivity contribution in [2.45, 2.75) is 19.9 Å². The van der Waals surface area contributed by atoms with Gasteiger partial charge in [-0.05, 0) is 26.0 Å². The van der Waals surface area contributed by atoms with Gasteiger partial charge in [0.25, 0.3) is 0 Å². The zero-order valence-corrected chi connectivity index (χ0v) is 6.94. The van der Waals surface area contributed by atoms with Gasteiger partial charge in [-0.1, -0.05) is 0 Å². The minimum atomic E-state index is 0. The summed E-state index contributed by atoms with van der Waals surface area (Å²) in [5.41, 5.74) is 5.53. The number of rotatable bonds is 1. The van der Waals surface area contributed by atoms with E-state index in [1.165, 1.54) is 0 Å². The van der Waals surface area contributed by atoms with Crippen LogP contribution in [0.15, 0.2) is 16.5 Å². The third kappa shape index (κ3) is 2.05. The molecule has 0 aliphatic carbocycles. The highest BCUT2D eigenvalue weighted by Crippen LogP contribution is 2.12. The van der Waals surface area contributed by atoms with Crippen molar-refractivity contribution in [3.8, 4) is 0 Å². The predicted octanol–water partition coefficient (Wildman–Crippen LogP) is 2.03. The molecule has 1 aromatic heterocycles. The summed E-state index contributed by atoms with van der Waals surface area (Å²) in [6.07, 6.45) is 0. The minimum Gasteiger partial charge on any atom is -0.465 e. The molecule has 10 heavy (non-hydrogen) atoms. The van der Waals surface area contributed by atoms with Gasteiger partial charge in [0.1, 0.15) is 11.5 Å². The van der Waals surface area contributed by atoms with Crippen LogP contribution in [0.1, 0.15) is 24.5 Å². The molecule has 2 N–H and O–H groups in total. The number of hydrogen-bond donors (Lipinski definition) is 1. The molecule has 2 nitrogen and oxygen atoms in total. The van der Waals surface area contributed by atoms with Crippen LogP contribution in [-0.4, -0.2) is 0 Å². The Bertz CT molecular complexity index is 195. The quantitative estimate of drug-likeness (QED) is 0.685. The van der Waals surface area contributed by atoms with E-state index < -0.39 is 0 Å². The number of aryl methyl sites for hydroxylation is 1. The predicted molar refractivity (Wildman–Crippen MR) is 43.3 cm³/mol. The molecule has 0 unspecified atom stereocenters. The summed E-state index contributed by atoms with van der Waals surface area (Å²) < 4.78 is 5.22. The van der Waals surface area contributed by atoms with E-state index in [-0.39, 0.29) is 18.4 Å². The second-order valence-corrected chi connectivity index (χ2v) is 2.24. The van der Waals surface area contributed by atoms with Gasteiger partial charge in [0, 0.05) is 0 Å². The third-order valence-corrected chi connectivity index (χ3v) is 1.21. The Hall–Kier alpha value is -0.470. The number of nitrogens with two attached hydrogens (primary N) is 1. The Kier molecular flexibility index (Phi) is 3.47. The molecular formula is C7H12ClNO. The first-order valence-electron chi connectivity index (χ1n) is 3.02. The van der Waals surface area contributed by atoms with Gasteiger partial charge < -0.3 is 10.2 Å². The maximum Gasteiger partial charge on any atom is 0.120 e. The lowest BCUT2D eigenvalue weighted by Gasteiger charge is -1.96. The Morgan fingerprint density at radius 1 is 1.50 bits per heavy atom. The molecule has 0 saturated heterocycles. The van der Waals surface area contributed by atoms with E-state index >= 15 is 0 Å². The first kappa shape index (κ1) is 9.53. The van der Waals surface area contributed by atoms with E-state index in [0.717, 1.165) is 11.5 Å². The van der Waals surface area contributed by atoms with Gasteiger partial charge in [-0.3, -0.25) is 0 Å². The van der Waals surface area contributed by atoms with E-state index in [9.17, 15) is 0 Å². The zero-order chi connectivity index (χ0) is 6.85. The van der Waals surface area contributed by atoms with Crippen LogP contribution in [0, 0.1) is 6.92 Å². The molecule has 1 atom stereocenters. The van der Waals surface area contributed by atoms with Crippen molar-refractivity contribution >= 4 is 12.4 Å². The van der Waals surface area contributed by atoms with Crippen LogP contribution in [0.2, 0.25) is 0 Å². The first-order valence-corrected chi connectivity index (χ1v) is 3.02. The van der Waals surface area contributed by atoms with Gasteiger partial charge in [-0.25, -0.2) is 0 Å². The smallest absolute Gasteiger partial charge is 0.120 e. The van der Waals surface area contributed by atoms with Crippen molar-refractivity contribution in [3.63, 3.8) is 0 Å². The molecule has 1 aromatic rings. The van der Waals surface area contributed by atoms with E-state index in [4.69, 9.17) is 10.2 Å². The average molecular weight is 162 g/mol. The third-order valence-electron chi connectivity index (χ3n) is 1.21. The fourth-order valence-electron chi connectivity index (χ4n) is 0.698. The highest BCUT2D eigenvalue weighted by molar-refractivity contribution is 5.85. The number of halogens is 1. The fourth-order valence-corrected chi connectivity index (χ4v) is 0.698. The highest BCUT2D eigenvalue weighted by Gasteiger charge is 2.01. The van der Waals surface area contributed by atoms with Crippen LogP contribution in [-0.2, 0) is 0 Å². The van der Waals surface area contributed by atoms with Gasteiger partial charge in [0.05, 0.1) is 6.04 Å². The van der Waals surface area contributed by atoms with E-state index in [0.29, 0.717) is 0 Å². The van der Waals surface area contributed by atoms with Crippen molar-refractivity contribution in [2.75, 3.05) is 0 Å². The largest absolute Gasteiger partial charge is 0.465 e. The molecule has 3 heteroatoms. The van der Waals surface area contributed by atoms with Crippen molar-refractivity contribution < 1.29 is 4.42 Å². The van der Waals surface area contributed by atoms with Gasteiger partial charge in [-0.15, -0.1) is 12.4 Å². The summed E-state index contributed by atoms with van der Waals surface area (Å²) in [7, 11) is 0. The van der Waals surface area contributed by atoms with Crippen LogP contribution in [0.4, 0.5) is 0 Å². The summed E-state index contributed by atoms with van der Waals surface area (Å²) in [6.45, 7) is 3.81. The van der Waals surface area contributed by atoms with Gasteiger partial charge in [0.2, 0.25) is 0 Å². The molecule has 58 valence electrons. The second kappa shape index (κ2) is 3.64.